The second-order valence-electron chi connectivity index (χ2n) is 3.67. The van der Waals surface area contributed by atoms with Gasteiger partial charge in [-0.1, -0.05) is 6.92 Å². The minimum Gasteiger partial charge on any atom is -0.424 e. The first kappa shape index (κ1) is 11.1. The van der Waals surface area contributed by atoms with Crippen LogP contribution in [0.5, 0.6) is 0 Å². The van der Waals surface area contributed by atoms with Crippen molar-refractivity contribution >= 4 is 34.6 Å². The molecule has 5 heteroatoms. The van der Waals surface area contributed by atoms with Crippen LogP contribution in [-0.4, -0.2) is 23.0 Å². The molecular formula is C11H15N3OS. The second-order valence-corrected chi connectivity index (χ2v) is 4.95. The molecule has 1 heterocycles. The molecule has 0 aliphatic rings. The van der Waals surface area contributed by atoms with Crippen LogP contribution in [0.3, 0.4) is 0 Å². The summed E-state index contributed by atoms with van der Waals surface area (Å²) in [7, 11) is 0. The molecule has 1 unspecified atom stereocenters. The number of fused-ring (bicyclic) bond motifs is 1. The Balaban J connectivity index is 2.13. The summed E-state index contributed by atoms with van der Waals surface area (Å²) >= 11 is 1.80. The molecule has 1 atom stereocenters. The molecule has 0 bridgehead atoms. The highest BCUT2D eigenvalue weighted by Crippen LogP contribution is 2.21. The highest BCUT2D eigenvalue weighted by molar-refractivity contribution is 7.99. The molecule has 0 saturated carbocycles. The second kappa shape index (κ2) is 4.65. The first-order valence-corrected chi connectivity index (χ1v) is 6.40. The number of hydrogen-bond acceptors (Lipinski definition) is 5. The highest BCUT2D eigenvalue weighted by atomic mass is 32.2. The minimum absolute atomic E-state index is 0.528. The number of rotatable bonds is 4. The van der Waals surface area contributed by atoms with E-state index in [2.05, 4.69) is 23.5 Å². The van der Waals surface area contributed by atoms with E-state index in [-0.39, 0.29) is 0 Å². The molecule has 16 heavy (non-hydrogen) atoms. The predicted octanol–water partition coefficient (Wildman–Crippen LogP) is 2.57. The molecule has 1 aromatic carbocycles. The van der Waals surface area contributed by atoms with Crippen LogP contribution < -0.4 is 11.1 Å². The summed E-state index contributed by atoms with van der Waals surface area (Å²) in [6, 6.07) is 6.01. The third kappa shape index (κ3) is 2.41. The zero-order valence-corrected chi connectivity index (χ0v) is 10.2. The summed E-state index contributed by atoms with van der Waals surface area (Å²) in [5.41, 5.74) is 7.92. The molecule has 2 rings (SSSR count). The standard InChI is InChI=1S/C11H15N3OS/c1-7(16-2)6-13-11-14-9-5-8(12)3-4-10(9)15-11/h3-5,7H,6,12H2,1-2H3,(H,13,14). The summed E-state index contributed by atoms with van der Waals surface area (Å²) in [5.74, 6) is 0. The van der Waals surface area contributed by atoms with Gasteiger partial charge in [0.15, 0.2) is 5.58 Å². The lowest BCUT2D eigenvalue weighted by Gasteiger charge is -2.06. The van der Waals surface area contributed by atoms with Crippen LogP contribution in [0.1, 0.15) is 6.92 Å². The third-order valence-corrected chi connectivity index (χ3v) is 3.33. The Morgan fingerprint density at radius 3 is 3.12 bits per heavy atom. The normalized spacial score (nSPS) is 12.9. The number of oxazole rings is 1. The van der Waals surface area contributed by atoms with Crippen LogP contribution in [0.2, 0.25) is 0 Å². The maximum absolute atomic E-state index is 5.67. The first-order chi connectivity index (χ1) is 7.69. The van der Waals surface area contributed by atoms with Crippen LogP contribution in [0.15, 0.2) is 22.6 Å². The van der Waals surface area contributed by atoms with Crippen molar-refractivity contribution in [2.24, 2.45) is 0 Å². The van der Waals surface area contributed by atoms with Crippen molar-refractivity contribution < 1.29 is 4.42 Å². The number of nitrogens with two attached hydrogens (primary N) is 1. The fourth-order valence-electron chi connectivity index (χ4n) is 1.33. The topological polar surface area (TPSA) is 64.1 Å². The highest BCUT2D eigenvalue weighted by Gasteiger charge is 2.06. The van der Waals surface area contributed by atoms with Gasteiger partial charge in [-0.05, 0) is 24.5 Å². The van der Waals surface area contributed by atoms with Crippen molar-refractivity contribution in [3.05, 3.63) is 18.2 Å². The van der Waals surface area contributed by atoms with Gasteiger partial charge >= 0.3 is 0 Å². The summed E-state index contributed by atoms with van der Waals surface area (Å²) in [6.07, 6.45) is 2.08. The molecule has 0 saturated heterocycles. The molecule has 0 amide bonds. The van der Waals surface area contributed by atoms with Crippen molar-refractivity contribution in [1.29, 1.82) is 0 Å². The van der Waals surface area contributed by atoms with E-state index < -0.39 is 0 Å². The van der Waals surface area contributed by atoms with Gasteiger partial charge in [-0.15, -0.1) is 0 Å². The zero-order chi connectivity index (χ0) is 11.5. The number of aromatic nitrogens is 1. The fraction of sp³-hybridized carbons (Fsp3) is 0.364. The van der Waals surface area contributed by atoms with Gasteiger partial charge in [0.05, 0.1) is 0 Å². The number of nitrogens with zero attached hydrogens (tertiary/aromatic N) is 1. The summed E-state index contributed by atoms with van der Waals surface area (Å²) in [5, 5.41) is 3.69. The molecule has 0 radical (unpaired) electrons. The Morgan fingerprint density at radius 2 is 2.38 bits per heavy atom. The maximum atomic E-state index is 5.67. The van der Waals surface area contributed by atoms with Gasteiger partial charge in [0.2, 0.25) is 0 Å². The molecule has 0 aliphatic heterocycles. The van der Waals surface area contributed by atoms with Gasteiger partial charge < -0.3 is 15.5 Å². The van der Waals surface area contributed by atoms with Crippen LogP contribution in [0.25, 0.3) is 11.1 Å². The number of anilines is 2. The average molecular weight is 237 g/mol. The van der Waals surface area contributed by atoms with E-state index in [0.29, 0.717) is 17.0 Å². The molecule has 1 aromatic heterocycles. The average Bonchev–Trinajstić information content (AvgIpc) is 2.67. The van der Waals surface area contributed by atoms with Crippen molar-refractivity contribution in [1.82, 2.24) is 4.98 Å². The predicted molar refractivity (Wildman–Crippen MR) is 69.9 cm³/mol. The van der Waals surface area contributed by atoms with E-state index in [1.54, 1.807) is 11.8 Å². The van der Waals surface area contributed by atoms with Gasteiger partial charge in [0.1, 0.15) is 5.52 Å². The van der Waals surface area contributed by atoms with E-state index in [1.807, 2.05) is 18.2 Å². The molecule has 3 N–H and O–H groups in total. The van der Waals surface area contributed by atoms with Crippen LogP contribution >= 0.6 is 11.8 Å². The van der Waals surface area contributed by atoms with Crippen molar-refractivity contribution in [3.8, 4) is 0 Å². The number of nitrogen functional groups attached to an aromatic ring is 1. The number of hydrogen-bond donors (Lipinski definition) is 2. The van der Waals surface area contributed by atoms with Gasteiger partial charge in [0.25, 0.3) is 6.01 Å². The van der Waals surface area contributed by atoms with Crippen LogP contribution in [0, 0.1) is 0 Å². The lowest BCUT2D eigenvalue weighted by atomic mass is 10.3. The van der Waals surface area contributed by atoms with Gasteiger partial charge in [-0.25, -0.2) is 0 Å². The van der Waals surface area contributed by atoms with Crippen molar-refractivity contribution in [3.63, 3.8) is 0 Å². The Kier molecular flexibility index (Phi) is 3.24. The van der Waals surface area contributed by atoms with Gasteiger partial charge in [-0.2, -0.15) is 16.7 Å². The Morgan fingerprint density at radius 1 is 1.56 bits per heavy atom. The monoisotopic (exact) mass is 237 g/mol. The van der Waals surface area contributed by atoms with Gasteiger partial charge in [-0.3, -0.25) is 0 Å². The summed E-state index contributed by atoms with van der Waals surface area (Å²) in [6.45, 7) is 2.99. The molecule has 4 nitrogen and oxygen atoms in total. The van der Waals surface area contributed by atoms with E-state index in [9.17, 15) is 0 Å². The zero-order valence-electron chi connectivity index (χ0n) is 9.36. The Labute approximate surface area is 98.6 Å². The third-order valence-electron chi connectivity index (χ3n) is 2.35. The summed E-state index contributed by atoms with van der Waals surface area (Å²) in [4.78, 5) is 4.31. The van der Waals surface area contributed by atoms with Crippen molar-refractivity contribution in [2.45, 2.75) is 12.2 Å². The quantitative estimate of drug-likeness (QED) is 0.800. The SMILES string of the molecule is CSC(C)CNc1nc2cc(N)ccc2o1. The molecular weight excluding hydrogens is 222 g/mol. The molecule has 2 aromatic rings. The van der Waals surface area contributed by atoms with Crippen LogP contribution in [-0.2, 0) is 0 Å². The minimum atomic E-state index is 0.528. The molecule has 0 spiro atoms. The number of nitrogens with one attached hydrogen (secondary N) is 1. The van der Waals surface area contributed by atoms with Crippen LogP contribution in [0.4, 0.5) is 11.7 Å². The Hall–Kier alpha value is -1.36. The lowest BCUT2D eigenvalue weighted by molar-refractivity contribution is 0.614. The number of thioether (sulfide) groups is 1. The number of benzene rings is 1. The molecule has 0 fully saturated rings. The Bertz CT molecular complexity index is 483. The smallest absolute Gasteiger partial charge is 0.295 e. The van der Waals surface area contributed by atoms with Crippen molar-refractivity contribution in [2.75, 3.05) is 23.9 Å². The van der Waals surface area contributed by atoms with E-state index in [0.717, 1.165) is 17.6 Å². The van der Waals surface area contributed by atoms with Gasteiger partial charge in [0, 0.05) is 17.5 Å². The molecule has 86 valence electrons. The van der Waals surface area contributed by atoms with E-state index >= 15 is 0 Å². The largest absolute Gasteiger partial charge is 0.424 e. The molecule has 0 aliphatic carbocycles. The van der Waals surface area contributed by atoms with E-state index in [1.165, 1.54) is 0 Å². The first-order valence-electron chi connectivity index (χ1n) is 5.12. The lowest BCUT2D eigenvalue weighted by Crippen LogP contribution is -2.12. The maximum Gasteiger partial charge on any atom is 0.295 e. The van der Waals surface area contributed by atoms with E-state index in [4.69, 9.17) is 10.2 Å². The summed E-state index contributed by atoms with van der Waals surface area (Å²) < 4.78 is 5.53. The fourth-order valence-corrected chi connectivity index (χ4v) is 1.58.